The second kappa shape index (κ2) is 7.96. The smallest absolute Gasteiger partial charge is 0.326 e. The van der Waals surface area contributed by atoms with Crippen molar-refractivity contribution in [2.24, 2.45) is 0 Å². The van der Waals surface area contributed by atoms with E-state index < -0.39 is 46.3 Å². The fraction of sp³-hybridized carbons (Fsp3) is 0.143. The van der Waals surface area contributed by atoms with Crippen LogP contribution in [0.15, 0.2) is 59.4 Å². The highest BCUT2D eigenvalue weighted by Gasteiger charge is 2.68. The Kier molecular flexibility index (Phi) is 5.40. The minimum Gasteiger partial charge on any atom is -0.326 e. The molecule has 1 aromatic heterocycles. The highest BCUT2D eigenvalue weighted by Crippen LogP contribution is 2.45. The van der Waals surface area contributed by atoms with Crippen LogP contribution in [0.1, 0.15) is 21.5 Å². The van der Waals surface area contributed by atoms with Gasteiger partial charge in [-0.25, -0.2) is 4.39 Å². The first-order valence-corrected chi connectivity index (χ1v) is 9.83. The van der Waals surface area contributed by atoms with E-state index in [-0.39, 0.29) is 16.9 Å². The summed E-state index contributed by atoms with van der Waals surface area (Å²) in [5, 5.41) is 3.73. The molecule has 4 rings (SSSR count). The summed E-state index contributed by atoms with van der Waals surface area (Å²) >= 11 is 5.12. The summed E-state index contributed by atoms with van der Waals surface area (Å²) in [6, 6.07) is 12.2. The van der Waals surface area contributed by atoms with Gasteiger partial charge in [0.2, 0.25) is 0 Å². The number of anilines is 1. The first-order chi connectivity index (χ1) is 15.5. The Balaban J connectivity index is 1.89. The number of carbonyl (C=O) groups excluding carboxylic acids is 2. The maximum atomic E-state index is 14.4. The molecule has 1 atom stereocenters. The third-order valence-electron chi connectivity index (χ3n) is 5.16. The van der Waals surface area contributed by atoms with E-state index in [9.17, 15) is 31.9 Å². The van der Waals surface area contributed by atoms with Crippen molar-refractivity contribution in [3.8, 4) is 0 Å². The predicted octanol–water partition coefficient (Wildman–Crippen LogP) is 3.23. The van der Waals surface area contributed by atoms with E-state index in [0.717, 1.165) is 28.8 Å². The van der Waals surface area contributed by atoms with Crippen molar-refractivity contribution in [1.82, 2.24) is 14.9 Å². The van der Waals surface area contributed by atoms with Gasteiger partial charge in [0, 0.05) is 5.56 Å². The third kappa shape index (κ3) is 3.71. The summed E-state index contributed by atoms with van der Waals surface area (Å²) in [5.41, 5.74) is -5.72. The van der Waals surface area contributed by atoms with E-state index in [0.29, 0.717) is 5.56 Å². The standard InChI is InChI=1S/C21H14F4N4O3S/c22-13-8-6-12(7-9-13)16(30)28-20(21(23,24)25)14-15(26-18(20)32)29(19(33)27-17(14)31)10-11-4-2-1-3-5-11/h1-9H,10H2,(H,26,32)(H,28,30)(H,27,31,33)/t20-/m1/s1. The summed E-state index contributed by atoms with van der Waals surface area (Å²) in [4.78, 5) is 40.2. The Morgan fingerprint density at radius 2 is 1.70 bits per heavy atom. The Morgan fingerprint density at radius 3 is 2.30 bits per heavy atom. The highest BCUT2D eigenvalue weighted by atomic mass is 32.1. The number of benzene rings is 2. The van der Waals surface area contributed by atoms with Gasteiger partial charge >= 0.3 is 6.18 Å². The maximum Gasteiger partial charge on any atom is 0.425 e. The van der Waals surface area contributed by atoms with E-state index in [2.05, 4.69) is 10.3 Å². The lowest BCUT2D eigenvalue weighted by Gasteiger charge is -2.30. The molecule has 0 radical (unpaired) electrons. The van der Waals surface area contributed by atoms with E-state index in [4.69, 9.17) is 12.2 Å². The van der Waals surface area contributed by atoms with E-state index >= 15 is 0 Å². The maximum absolute atomic E-state index is 14.4. The van der Waals surface area contributed by atoms with E-state index in [1.54, 1.807) is 35.6 Å². The quantitative estimate of drug-likeness (QED) is 0.396. The van der Waals surface area contributed by atoms with Gasteiger partial charge in [0.05, 0.1) is 6.54 Å². The number of aromatic amines is 1. The van der Waals surface area contributed by atoms with Gasteiger partial charge in [0.1, 0.15) is 17.2 Å². The summed E-state index contributed by atoms with van der Waals surface area (Å²) in [6.45, 7) is -0.0566. The molecule has 0 spiro atoms. The molecule has 0 unspecified atom stereocenters. The zero-order chi connectivity index (χ0) is 24.0. The van der Waals surface area contributed by atoms with Crippen LogP contribution in [0.2, 0.25) is 0 Å². The topological polar surface area (TPSA) is 96.0 Å². The molecule has 2 aromatic carbocycles. The van der Waals surface area contributed by atoms with E-state index in [1.807, 2.05) is 0 Å². The largest absolute Gasteiger partial charge is 0.425 e. The Bertz CT molecular complexity index is 1370. The van der Waals surface area contributed by atoms with Gasteiger partial charge in [-0.15, -0.1) is 0 Å². The minimum atomic E-state index is -5.40. The molecule has 3 aromatic rings. The Morgan fingerprint density at radius 1 is 1.06 bits per heavy atom. The third-order valence-corrected chi connectivity index (χ3v) is 5.49. The molecule has 0 saturated carbocycles. The normalized spacial score (nSPS) is 17.4. The number of alkyl halides is 3. The van der Waals surface area contributed by atoms with Crippen LogP contribution in [0.3, 0.4) is 0 Å². The van der Waals surface area contributed by atoms with Crippen molar-refractivity contribution in [3.63, 3.8) is 0 Å². The van der Waals surface area contributed by atoms with E-state index in [1.165, 1.54) is 0 Å². The molecule has 7 nitrogen and oxygen atoms in total. The molecule has 0 saturated heterocycles. The number of carbonyl (C=O) groups is 2. The molecule has 1 aliphatic heterocycles. The summed E-state index contributed by atoms with van der Waals surface area (Å²) in [5.74, 6) is -4.19. The van der Waals surface area contributed by atoms with Gasteiger partial charge < -0.3 is 10.6 Å². The van der Waals surface area contributed by atoms with Crippen molar-refractivity contribution in [1.29, 1.82) is 0 Å². The number of H-pyrrole nitrogens is 1. The van der Waals surface area contributed by atoms with Gasteiger partial charge in [-0.2, -0.15) is 13.2 Å². The second-order valence-corrected chi connectivity index (χ2v) is 7.60. The number of amides is 2. The van der Waals surface area contributed by atoms with Crippen LogP contribution in [-0.4, -0.2) is 27.5 Å². The van der Waals surface area contributed by atoms with Crippen molar-refractivity contribution in [2.75, 3.05) is 5.32 Å². The summed E-state index contributed by atoms with van der Waals surface area (Å²) in [6.07, 6.45) is -5.40. The average molecular weight is 478 g/mol. The molecule has 0 fully saturated rings. The molecule has 33 heavy (non-hydrogen) atoms. The van der Waals surface area contributed by atoms with Crippen molar-refractivity contribution in [3.05, 3.63) is 92.2 Å². The van der Waals surface area contributed by atoms with Gasteiger partial charge in [0.25, 0.3) is 22.9 Å². The predicted molar refractivity (Wildman–Crippen MR) is 112 cm³/mol. The number of nitrogens with zero attached hydrogens (tertiary/aromatic N) is 1. The first kappa shape index (κ1) is 22.4. The summed E-state index contributed by atoms with van der Waals surface area (Å²) < 4.78 is 57.3. The van der Waals surface area contributed by atoms with Crippen LogP contribution in [0.25, 0.3) is 0 Å². The molecule has 0 bridgehead atoms. The number of halogens is 4. The fourth-order valence-corrected chi connectivity index (χ4v) is 3.83. The number of fused-ring (bicyclic) bond motifs is 1. The monoisotopic (exact) mass is 478 g/mol. The van der Waals surface area contributed by atoms with Crippen molar-refractivity contribution < 1.29 is 27.2 Å². The number of nitrogens with one attached hydrogen (secondary N) is 3. The molecule has 12 heteroatoms. The average Bonchev–Trinajstić information content (AvgIpc) is 3.05. The number of aromatic nitrogens is 2. The Labute approximate surface area is 188 Å². The van der Waals surface area contributed by atoms with Crippen LogP contribution in [0.5, 0.6) is 0 Å². The zero-order valence-corrected chi connectivity index (χ0v) is 17.3. The molecular formula is C21H14F4N4O3S. The molecule has 170 valence electrons. The fourth-order valence-electron chi connectivity index (χ4n) is 3.59. The Hall–Kier alpha value is -3.80. The van der Waals surface area contributed by atoms with Crippen LogP contribution in [-0.2, 0) is 16.9 Å². The molecule has 3 N–H and O–H groups in total. The molecule has 2 amide bonds. The van der Waals surface area contributed by atoms with Gasteiger partial charge in [-0.05, 0) is 42.0 Å². The van der Waals surface area contributed by atoms with Gasteiger partial charge in [0.15, 0.2) is 4.77 Å². The SMILES string of the molecule is O=C(N[C@@]1(C(F)(F)F)C(=O)Nc2c1c(=O)[nH]c(=S)n2Cc1ccccc1)c1ccc(F)cc1. The molecule has 2 heterocycles. The molecule has 1 aliphatic rings. The van der Waals surface area contributed by atoms with Gasteiger partial charge in [-0.1, -0.05) is 30.3 Å². The highest BCUT2D eigenvalue weighted by molar-refractivity contribution is 7.71. The van der Waals surface area contributed by atoms with Crippen LogP contribution >= 0.6 is 12.2 Å². The van der Waals surface area contributed by atoms with Crippen molar-refractivity contribution >= 4 is 29.9 Å². The van der Waals surface area contributed by atoms with Gasteiger partial charge in [-0.3, -0.25) is 23.9 Å². The first-order valence-electron chi connectivity index (χ1n) is 9.42. The lowest BCUT2D eigenvalue weighted by Crippen LogP contribution is -2.61. The minimum absolute atomic E-state index is 0.0566. The number of rotatable bonds is 4. The lowest BCUT2D eigenvalue weighted by molar-refractivity contribution is -0.196. The van der Waals surface area contributed by atoms with Crippen LogP contribution in [0, 0.1) is 10.6 Å². The second-order valence-electron chi connectivity index (χ2n) is 7.22. The van der Waals surface area contributed by atoms with Crippen LogP contribution in [0.4, 0.5) is 23.4 Å². The molecular weight excluding hydrogens is 464 g/mol. The zero-order valence-electron chi connectivity index (χ0n) is 16.5. The molecule has 0 aliphatic carbocycles. The van der Waals surface area contributed by atoms with Crippen molar-refractivity contribution in [2.45, 2.75) is 18.3 Å². The number of hydrogen-bond acceptors (Lipinski definition) is 4. The van der Waals surface area contributed by atoms with Crippen LogP contribution < -0.4 is 16.2 Å². The lowest BCUT2D eigenvalue weighted by atomic mass is 9.91. The summed E-state index contributed by atoms with van der Waals surface area (Å²) in [7, 11) is 0. The number of hydrogen-bond donors (Lipinski definition) is 3.